The number of carbonyl (C=O) groups is 1. The molecule has 0 N–H and O–H groups in total. The van der Waals surface area contributed by atoms with E-state index in [0.717, 1.165) is 43.7 Å². The average Bonchev–Trinajstić information content (AvgIpc) is 2.79. The highest BCUT2D eigenvalue weighted by molar-refractivity contribution is 7.89. The van der Waals surface area contributed by atoms with Gasteiger partial charge in [0.15, 0.2) is 0 Å². The highest BCUT2D eigenvalue weighted by atomic mass is 32.2. The monoisotopic (exact) mass is 462 g/mol. The van der Waals surface area contributed by atoms with Gasteiger partial charge in [-0.1, -0.05) is 43.9 Å². The van der Waals surface area contributed by atoms with Crippen molar-refractivity contribution in [1.29, 1.82) is 0 Å². The van der Waals surface area contributed by atoms with Crippen molar-refractivity contribution < 1.29 is 22.3 Å². The third kappa shape index (κ3) is 5.66. The predicted octanol–water partition coefficient (Wildman–Crippen LogP) is 4.73. The summed E-state index contributed by atoms with van der Waals surface area (Å²) in [5.74, 6) is -0.611. The number of methoxy groups -OCH3 is 1. The largest absolute Gasteiger partial charge is 0.495 e. The lowest BCUT2D eigenvalue weighted by molar-refractivity contribution is -0.116. The normalized spacial score (nSPS) is 16.9. The van der Waals surface area contributed by atoms with E-state index in [4.69, 9.17) is 4.74 Å². The van der Waals surface area contributed by atoms with Crippen LogP contribution in [0.5, 0.6) is 5.75 Å². The number of benzene rings is 2. The zero-order chi connectivity index (χ0) is 23.1. The van der Waals surface area contributed by atoms with Crippen molar-refractivity contribution in [2.45, 2.75) is 56.9 Å². The van der Waals surface area contributed by atoms with Crippen molar-refractivity contribution in [2.75, 3.05) is 25.1 Å². The Kier molecular flexibility index (Phi) is 8.26. The van der Waals surface area contributed by atoms with Crippen LogP contribution >= 0.6 is 0 Å². The Morgan fingerprint density at radius 2 is 1.62 bits per heavy atom. The molecule has 0 spiro atoms. The van der Waals surface area contributed by atoms with Gasteiger partial charge in [0.2, 0.25) is 15.9 Å². The van der Waals surface area contributed by atoms with Gasteiger partial charge >= 0.3 is 0 Å². The van der Waals surface area contributed by atoms with Crippen molar-refractivity contribution in [1.82, 2.24) is 4.31 Å². The number of ether oxygens (including phenoxy) is 1. The van der Waals surface area contributed by atoms with Gasteiger partial charge in [-0.15, -0.1) is 0 Å². The van der Waals surface area contributed by atoms with Crippen LogP contribution in [-0.4, -0.2) is 38.8 Å². The van der Waals surface area contributed by atoms with Crippen LogP contribution in [0.2, 0.25) is 0 Å². The van der Waals surface area contributed by atoms with E-state index in [9.17, 15) is 17.6 Å². The fraction of sp³-hybridized carbons (Fsp3) is 0.458. The molecule has 1 aliphatic rings. The molecule has 1 amide bonds. The minimum absolute atomic E-state index is 0.0754. The van der Waals surface area contributed by atoms with Gasteiger partial charge in [-0.05, 0) is 42.7 Å². The number of hydrogen-bond acceptors (Lipinski definition) is 4. The Labute approximate surface area is 190 Å². The Balaban J connectivity index is 2.06. The lowest BCUT2D eigenvalue weighted by atomic mass is 10.1. The molecule has 174 valence electrons. The standard InChI is InChI=1S/C24H31FN2O4S/c1-19(28)27-16-10-6-4-3-5-9-15-26(18-20-11-7-8-12-22(20)27)32(29,30)24-17-21(25)13-14-23(24)31-2/h7-8,11-14,17H,3-6,9-10,15-16,18H2,1-2H3. The molecule has 0 atom stereocenters. The number of carbonyl (C=O) groups excluding carboxylic acids is 1. The zero-order valence-corrected chi connectivity index (χ0v) is 19.5. The molecule has 2 aromatic carbocycles. The summed E-state index contributed by atoms with van der Waals surface area (Å²) < 4.78 is 47.8. The molecule has 32 heavy (non-hydrogen) atoms. The van der Waals surface area contributed by atoms with Gasteiger partial charge in [-0.25, -0.2) is 12.8 Å². The lowest BCUT2D eigenvalue weighted by Crippen LogP contribution is -2.34. The van der Waals surface area contributed by atoms with E-state index in [1.165, 1.54) is 30.5 Å². The minimum atomic E-state index is -4.04. The number of halogens is 1. The highest BCUT2D eigenvalue weighted by Crippen LogP contribution is 2.31. The third-order valence-corrected chi connectivity index (χ3v) is 7.66. The first kappa shape index (κ1) is 24.2. The maximum atomic E-state index is 14.0. The Morgan fingerprint density at radius 3 is 2.31 bits per heavy atom. The van der Waals surface area contributed by atoms with Crippen molar-refractivity contribution in [3.05, 3.63) is 53.8 Å². The van der Waals surface area contributed by atoms with Gasteiger partial charge in [0.25, 0.3) is 0 Å². The molecule has 0 saturated heterocycles. The van der Waals surface area contributed by atoms with Gasteiger partial charge in [-0.2, -0.15) is 4.31 Å². The van der Waals surface area contributed by atoms with E-state index in [0.29, 0.717) is 25.2 Å². The van der Waals surface area contributed by atoms with Crippen LogP contribution in [0.15, 0.2) is 47.4 Å². The molecule has 8 heteroatoms. The number of rotatable bonds is 3. The van der Waals surface area contributed by atoms with Crippen molar-refractivity contribution in [2.24, 2.45) is 0 Å². The fourth-order valence-corrected chi connectivity index (χ4v) is 5.71. The summed E-state index contributed by atoms with van der Waals surface area (Å²) in [6.07, 6.45) is 5.58. The number of para-hydroxylation sites is 1. The molecular weight excluding hydrogens is 431 g/mol. The average molecular weight is 463 g/mol. The van der Waals surface area contributed by atoms with E-state index in [1.54, 1.807) is 4.90 Å². The first-order chi connectivity index (χ1) is 15.3. The molecule has 6 nitrogen and oxygen atoms in total. The summed E-state index contributed by atoms with van der Waals surface area (Å²) in [5.41, 5.74) is 1.45. The van der Waals surface area contributed by atoms with Crippen LogP contribution < -0.4 is 9.64 Å². The van der Waals surface area contributed by atoms with Gasteiger partial charge < -0.3 is 9.64 Å². The number of nitrogens with zero attached hydrogens (tertiary/aromatic N) is 2. The van der Waals surface area contributed by atoms with E-state index >= 15 is 0 Å². The first-order valence-electron chi connectivity index (χ1n) is 11.0. The van der Waals surface area contributed by atoms with E-state index in [2.05, 4.69) is 0 Å². The number of sulfonamides is 1. The smallest absolute Gasteiger partial charge is 0.247 e. The number of fused-ring (bicyclic) bond motifs is 1. The first-order valence-corrected chi connectivity index (χ1v) is 12.5. The lowest BCUT2D eigenvalue weighted by Gasteiger charge is -2.27. The topological polar surface area (TPSA) is 66.9 Å². The maximum Gasteiger partial charge on any atom is 0.247 e. The number of amides is 1. The van der Waals surface area contributed by atoms with Gasteiger partial charge in [0.05, 0.1) is 7.11 Å². The molecule has 0 radical (unpaired) electrons. The van der Waals surface area contributed by atoms with E-state index in [-0.39, 0.29) is 23.1 Å². The summed E-state index contributed by atoms with van der Waals surface area (Å²) in [6.45, 7) is 2.51. The molecule has 0 saturated carbocycles. The van der Waals surface area contributed by atoms with Crippen LogP contribution in [0.25, 0.3) is 0 Å². The van der Waals surface area contributed by atoms with Crippen LogP contribution in [-0.2, 0) is 21.4 Å². The molecule has 0 bridgehead atoms. The number of anilines is 1. The van der Waals surface area contributed by atoms with E-state index in [1.807, 2.05) is 24.3 Å². The van der Waals surface area contributed by atoms with E-state index < -0.39 is 15.8 Å². The van der Waals surface area contributed by atoms with Crippen LogP contribution in [0.4, 0.5) is 10.1 Å². The van der Waals surface area contributed by atoms with Crippen LogP contribution in [0.3, 0.4) is 0 Å². The summed E-state index contributed by atoms with van der Waals surface area (Å²) in [6, 6.07) is 10.9. The minimum Gasteiger partial charge on any atom is -0.495 e. The summed E-state index contributed by atoms with van der Waals surface area (Å²) >= 11 is 0. The zero-order valence-electron chi connectivity index (χ0n) is 18.7. The molecule has 3 rings (SSSR count). The Hall–Kier alpha value is -2.45. The molecule has 0 fully saturated rings. The predicted molar refractivity (Wildman–Crippen MR) is 123 cm³/mol. The molecule has 1 heterocycles. The molecule has 0 unspecified atom stereocenters. The van der Waals surface area contributed by atoms with Crippen molar-refractivity contribution in [3.63, 3.8) is 0 Å². The van der Waals surface area contributed by atoms with Crippen LogP contribution in [0.1, 0.15) is 51.0 Å². The summed E-state index contributed by atoms with van der Waals surface area (Å²) in [4.78, 5) is 13.9. The fourth-order valence-electron chi connectivity index (χ4n) is 4.09. The third-order valence-electron chi connectivity index (χ3n) is 5.79. The highest BCUT2D eigenvalue weighted by Gasteiger charge is 2.29. The molecule has 0 aliphatic carbocycles. The molecular formula is C24H31FN2O4S. The SMILES string of the molecule is COc1ccc(F)cc1S(=O)(=O)N1CCCCCCCCN(C(C)=O)c2ccccc2C1. The van der Waals surface area contributed by atoms with Crippen molar-refractivity contribution >= 4 is 21.6 Å². The quantitative estimate of drug-likeness (QED) is 0.661. The molecule has 1 aliphatic heterocycles. The van der Waals surface area contributed by atoms with Crippen LogP contribution in [0, 0.1) is 5.82 Å². The maximum absolute atomic E-state index is 14.0. The summed E-state index contributed by atoms with van der Waals surface area (Å²) in [7, 11) is -2.67. The second kappa shape index (κ2) is 10.9. The second-order valence-corrected chi connectivity index (χ2v) is 9.96. The van der Waals surface area contributed by atoms with Gasteiger partial charge in [0.1, 0.15) is 16.5 Å². The Bertz CT molecular complexity index is 1040. The van der Waals surface area contributed by atoms with Gasteiger partial charge in [0, 0.05) is 32.2 Å². The summed E-state index contributed by atoms with van der Waals surface area (Å²) in [5, 5.41) is 0. The Morgan fingerprint density at radius 1 is 0.969 bits per heavy atom. The number of hydrogen-bond donors (Lipinski definition) is 0. The van der Waals surface area contributed by atoms with Gasteiger partial charge in [-0.3, -0.25) is 4.79 Å². The molecule has 0 aromatic heterocycles. The van der Waals surface area contributed by atoms with Crippen molar-refractivity contribution in [3.8, 4) is 5.75 Å². The second-order valence-electron chi connectivity index (χ2n) is 8.05. The molecule has 2 aromatic rings.